The molecule has 31 heavy (non-hydrogen) atoms. The maximum atomic E-state index is 11.7. The number of ether oxygens (including phenoxy) is 1. The van der Waals surface area contributed by atoms with Gasteiger partial charge in [-0.25, -0.2) is 0 Å². The summed E-state index contributed by atoms with van der Waals surface area (Å²) in [5.41, 5.74) is 9.12. The average molecular weight is 425 g/mol. The van der Waals surface area contributed by atoms with E-state index in [0.717, 1.165) is 31.2 Å². The van der Waals surface area contributed by atoms with Crippen LogP contribution < -0.4 is 20.7 Å². The van der Waals surface area contributed by atoms with Crippen molar-refractivity contribution < 1.29 is 9.53 Å². The summed E-state index contributed by atoms with van der Waals surface area (Å²) in [6.07, 6.45) is 6.20. The maximum Gasteiger partial charge on any atom is 0.320 e. The van der Waals surface area contributed by atoms with Crippen LogP contribution in [0.5, 0.6) is 6.01 Å². The van der Waals surface area contributed by atoms with Crippen LogP contribution in [0.1, 0.15) is 50.2 Å². The van der Waals surface area contributed by atoms with E-state index in [0.29, 0.717) is 30.5 Å². The number of hydrogen-bond acceptors (Lipinski definition) is 8. The topological polar surface area (TPSA) is 96.6 Å². The van der Waals surface area contributed by atoms with Gasteiger partial charge in [-0.05, 0) is 43.5 Å². The Morgan fingerprint density at radius 3 is 2.52 bits per heavy atom. The normalized spacial score (nSPS) is 18.5. The van der Waals surface area contributed by atoms with Crippen LogP contribution >= 0.6 is 0 Å². The summed E-state index contributed by atoms with van der Waals surface area (Å²) < 4.78 is 5.66. The number of benzene rings is 1. The van der Waals surface area contributed by atoms with Crippen LogP contribution in [0.4, 0.5) is 17.3 Å². The number of anilines is 3. The maximum absolute atomic E-state index is 11.7. The standard InChI is InChI=1S/C23H32N6O2/c1-2-3-13-31-23-26-21(24)20-22(27-23)29(19(16-30)25-20)15-18-9-7-17(8-10-18)14-28-11-5-4-6-12-28/h7-10,16,19,25H,2-6,11-15H2,1H3,(H2,24,26,27). The Labute approximate surface area is 183 Å². The molecule has 1 atom stereocenters. The third-order valence-corrected chi connectivity index (χ3v) is 5.89. The number of nitrogen functional groups attached to an aromatic ring is 1. The van der Waals surface area contributed by atoms with Gasteiger partial charge in [-0.1, -0.05) is 44.0 Å². The minimum absolute atomic E-state index is 0.250. The second-order valence-corrected chi connectivity index (χ2v) is 8.30. The first-order chi connectivity index (χ1) is 15.2. The predicted molar refractivity (Wildman–Crippen MR) is 122 cm³/mol. The molecule has 0 saturated carbocycles. The number of aldehydes is 1. The summed E-state index contributed by atoms with van der Waals surface area (Å²) >= 11 is 0. The van der Waals surface area contributed by atoms with E-state index in [4.69, 9.17) is 10.5 Å². The van der Waals surface area contributed by atoms with Gasteiger partial charge in [-0.2, -0.15) is 9.97 Å². The average Bonchev–Trinajstić information content (AvgIpc) is 3.14. The number of aromatic nitrogens is 2. The second-order valence-electron chi connectivity index (χ2n) is 8.30. The molecule has 0 aliphatic carbocycles. The highest BCUT2D eigenvalue weighted by molar-refractivity contribution is 5.87. The fraction of sp³-hybridized carbons (Fsp3) is 0.522. The Morgan fingerprint density at radius 1 is 1.13 bits per heavy atom. The fourth-order valence-electron chi connectivity index (χ4n) is 4.12. The zero-order valence-corrected chi connectivity index (χ0v) is 18.2. The van der Waals surface area contributed by atoms with Crippen molar-refractivity contribution in [3.05, 3.63) is 35.4 Å². The molecule has 0 radical (unpaired) electrons. The Bertz CT molecular complexity index is 882. The lowest BCUT2D eigenvalue weighted by Crippen LogP contribution is -2.36. The van der Waals surface area contributed by atoms with E-state index >= 15 is 0 Å². The van der Waals surface area contributed by atoms with Gasteiger partial charge in [0.25, 0.3) is 0 Å². The molecule has 2 aliphatic heterocycles. The van der Waals surface area contributed by atoms with Crippen molar-refractivity contribution in [2.45, 2.75) is 58.3 Å². The Kier molecular flexibility index (Phi) is 6.86. The molecule has 0 spiro atoms. The summed E-state index contributed by atoms with van der Waals surface area (Å²) in [5.74, 6) is 0.899. The Balaban J connectivity index is 1.48. The molecular weight excluding hydrogens is 392 g/mol. The van der Waals surface area contributed by atoms with Crippen LogP contribution in [-0.2, 0) is 17.9 Å². The Hall–Kier alpha value is -2.87. The third kappa shape index (κ3) is 5.07. The van der Waals surface area contributed by atoms with Crippen LogP contribution in [0.15, 0.2) is 24.3 Å². The van der Waals surface area contributed by atoms with Crippen LogP contribution in [0.25, 0.3) is 0 Å². The van der Waals surface area contributed by atoms with Crippen molar-refractivity contribution >= 4 is 23.6 Å². The van der Waals surface area contributed by atoms with Gasteiger partial charge < -0.3 is 20.7 Å². The van der Waals surface area contributed by atoms with Gasteiger partial charge in [0, 0.05) is 13.1 Å². The number of rotatable bonds is 9. The number of piperidine rings is 1. The minimum atomic E-state index is -0.537. The van der Waals surface area contributed by atoms with Gasteiger partial charge in [-0.3, -0.25) is 9.69 Å². The lowest BCUT2D eigenvalue weighted by Gasteiger charge is -2.26. The van der Waals surface area contributed by atoms with E-state index in [9.17, 15) is 4.79 Å². The van der Waals surface area contributed by atoms with E-state index in [1.54, 1.807) is 0 Å². The van der Waals surface area contributed by atoms with E-state index in [1.807, 2.05) is 4.90 Å². The molecular formula is C23H32N6O2. The van der Waals surface area contributed by atoms with Crippen molar-refractivity contribution in [3.8, 4) is 6.01 Å². The quantitative estimate of drug-likeness (QED) is 0.468. The number of hydrogen-bond donors (Lipinski definition) is 2. The van der Waals surface area contributed by atoms with Crippen molar-refractivity contribution in [2.24, 2.45) is 0 Å². The molecule has 0 amide bonds. The van der Waals surface area contributed by atoms with Gasteiger partial charge in [0.05, 0.1) is 6.61 Å². The number of likely N-dealkylation sites (tertiary alicyclic amines) is 1. The van der Waals surface area contributed by atoms with Crippen LogP contribution in [-0.4, -0.2) is 47.0 Å². The summed E-state index contributed by atoms with van der Waals surface area (Å²) in [6, 6.07) is 8.86. The highest BCUT2D eigenvalue weighted by atomic mass is 16.5. The molecule has 8 heteroatoms. The number of unbranched alkanes of at least 4 members (excludes halogenated alkanes) is 1. The number of nitrogens with zero attached hydrogens (tertiary/aromatic N) is 4. The number of carbonyl (C=O) groups excluding carboxylic acids is 1. The van der Waals surface area contributed by atoms with Gasteiger partial charge in [0.2, 0.25) is 0 Å². The lowest BCUT2D eigenvalue weighted by atomic mass is 10.1. The third-order valence-electron chi connectivity index (χ3n) is 5.89. The SMILES string of the molecule is CCCCOc1nc(N)c2c(n1)N(Cc1ccc(CN3CCCCC3)cc1)C(C=O)N2. The first-order valence-corrected chi connectivity index (χ1v) is 11.3. The zero-order chi connectivity index (χ0) is 21.6. The van der Waals surface area contributed by atoms with Crippen molar-refractivity contribution in [3.63, 3.8) is 0 Å². The van der Waals surface area contributed by atoms with Gasteiger partial charge in [0.15, 0.2) is 24.1 Å². The smallest absolute Gasteiger partial charge is 0.320 e. The van der Waals surface area contributed by atoms with Gasteiger partial charge >= 0.3 is 6.01 Å². The fourth-order valence-corrected chi connectivity index (χ4v) is 4.12. The Morgan fingerprint density at radius 2 is 1.84 bits per heavy atom. The molecule has 0 bridgehead atoms. The molecule has 1 aromatic carbocycles. The summed E-state index contributed by atoms with van der Waals surface area (Å²) in [4.78, 5) is 24.9. The monoisotopic (exact) mass is 424 g/mol. The number of carbonyl (C=O) groups is 1. The largest absolute Gasteiger partial charge is 0.463 e. The molecule has 2 aliphatic rings. The zero-order valence-electron chi connectivity index (χ0n) is 18.2. The number of nitrogens with two attached hydrogens (primary N) is 1. The molecule has 1 unspecified atom stereocenters. The van der Waals surface area contributed by atoms with Crippen molar-refractivity contribution in [1.82, 2.24) is 14.9 Å². The molecule has 2 aromatic rings. The van der Waals surface area contributed by atoms with Crippen molar-refractivity contribution in [2.75, 3.05) is 35.6 Å². The molecule has 4 rings (SSSR count). The number of fused-ring (bicyclic) bond motifs is 1. The molecule has 3 heterocycles. The first kappa shape index (κ1) is 21.4. The van der Waals surface area contributed by atoms with E-state index in [-0.39, 0.29) is 6.01 Å². The molecule has 1 saturated heterocycles. The molecule has 8 nitrogen and oxygen atoms in total. The molecule has 1 aromatic heterocycles. The predicted octanol–water partition coefficient (Wildman–Crippen LogP) is 3.18. The van der Waals surface area contributed by atoms with Gasteiger partial charge in [0.1, 0.15) is 5.69 Å². The van der Waals surface area contributed by atoms with Crippen molar-refractivity contribution in [1.29, 1.82) is 0 Å². The number of nitrogens with one attached hydrogen (secondary N) is 1. The molecule has 1 fully saturated rings. The second kappa shape index (κ2) is 9.96. The summed E-state index contributed by atoms with van der Waals surface area (Å²) in [7, 11) is 0. The molecule has 166 valence electrons. The lowest BCUT2D eigenvalue weighted by molar-refractivity contribution is -0.108. The van der Waals surface area contributed by atoms with Crippen LogP contribution in [0, 0.1) is 0 Å². The van der Waals surface area contributed by atoms with E-state index < -0.39 is 6.17 Å². The summed E-state index contributed by atoms with van der Waals surface area (Å²) in [5, 5.41) is 3.13. The van der Waals surface area contributed by atoms with Gasteiger partial charge in [-0.15, -0.1) is 0 Å². The van der Waals surface area contributed by atoms with Crippen LogP contribution in [0.2, 0.25) is 0 Å². The summed E-state index contributed by atoms with van der Waals surface area (Å²) in [6.45, 7) is 6.54. The minimum Gasteiger partial charge on any atom is -0.463 e. The van der Waals surface area contributed by atoms with Crippen LogP contribution in [0.3, 0.4) is 0 Å². The van der Waals surface area contributed by atoms with E-state index in [2.05, 4.69) is 51.4 Å². The van der Waals surface area contributed by atoms with E-state index in [1.165, 1.54) is 37.9 Å². The first-order valence-electron chi connectivity index (χ1n) is 11.3. The molecule has 3 N–H and O–H groups in total. The highest BCUT2D eigenvalue weighted by Gasteiger charge is 2.33. The highest BCUT2D eigenvalue weighted by Crippen LogP contribution is 2.38.